The van der Waals surface area contributed by atoms with Crippen LogP contribution in [0.3, 0.4) is 0 Å². The first-order valence-electron chi connectivity index (χ1n) is 6.42. The molecule has 1 heterocycles. The summed E-state index contributed by atoms with van der Waals surface area (Å²) in [6, 6.07) is 6.18. The lowest BCUT2D eigenvalue weighted by Gasteiger charge is -2.07. The van der Waals surface area contributed by atoms with E-state index in [1.165, 1.54) is 23.5 Å². The fraction of sp³-hybridized carbons (Fsp3) is 0.188. The summed E-state index contributed by atoms with van der Waals surface area (Å²) in [5, 5.41) is 13.0. The van der Waals surface area contributed by atoms with E-state index in [2.05, 4.69) is 17.2 Å². The number of aryl methyl sites for hydroxylation is 1. The predicted molar refractivity (Wildman–Crippen MR) is 82.0 cm³/mol. The van der Waals surface area contributed by atoms with Crippen molar-refractivity contribution >= 4 is 22.9 Å². The first-order valence-corrected chi connectivity index (χ1v) is 7.30. The molecular formula is C16H14FNO2S. The number of rotatable bonds is 3. The number of thiophene rings is 1. The summed E-state index contributed by atoms with van der Waals surface area (Å²) in [4.78, 5) is 12.7. The SMILES string of the molecule is CCc1ccsc1C(=O)Nc1ccc(C#CCO)cc1F. The summed E-state index contributed by atoms with van der Waals surface area (Å²) >= 11 is 1.34. The highest BCUT2D eigenvalue weighted by Crippen LogP contribution is 2.21. The van der Waals surface area contributed by atoms with E-state index in [0.717, 1.165) is 12.0 Å². The summed E-state index contributed by atoms with van der Waals surface area (Å²) < 4.78 is 13.9. The number of aliphatic hydroxyl groups is 1. The Morgan fingerprint density at radius 3 is 2.90 bits per heavy atom. The van der Waals surface area contributed by atoms with E-state index < -0.39 is 5.82 Å². The smallest absolute Gasteiger partial charge is 0.266 e. The number of anilines is 1. The molecule has 0 fully saturated rings. The molecule has 0 unspecified atom stereocenters. The minimum absolute atomic E-state index is 0.116. The van der Waals surface area contributed by atoms with Crippen LogP contribution in [0.5, 0.6) is 0 Å². The lowest BCUT2D eigenvalue weighted by molar-refractivity contribution is 0.102. The van der Waals surface area contributed by atoms with Crippen molar-refractivity contribution in [1.29, 1.82) is 0 Å². The van der Waals surface area contributed by atoms with Gasteiger partial charge < -0.3 is 10.4 Å². The molecule has 2 rings (SSSR count). The van der Waals surface area contributed by atoms with Gasteiger partial charge in [-0.2, -0.15) is 0 Å². The standard InChI is InChI=1S/C16H14FNO2S/c1-2-12-7-9-21-15(12)16(20)18-14-6-5-11(4-3-8-19)10-13(14)17/h5-7,9-10,19H,2,8H2,1H3,(H,18,20). The number of amides is 1. The molecule has 0 spiro atoms. The molecule has 0 saturated carbocycles. The molecule has 0 radical (unpaired) electrons. The second-order valence-electron chi connectivity index (χ2n) is 4.24. The number of nitrogens with one attached hydrogen (secondary N) is 1. The van der Waals surface area contributed by atoms with Gasteiger partial charge >= 0.3 is 0 Å². The third kappa shape index (κ3) is 3.69. The zero-order valence-electron chi connectivity index (χ0n) is 11.4. The van der Waals surface area contributed by atoms with Gasteiger partial charge in [-0.15, -0.1) is 11.3 Å². The molecule has 0 saturated heterocycles. The molecule has 0 aliphatic rings. The van der Waals surface area contributed by atoms with Gasteiger partial charge in [0, 0.05) is 5.56 Å². The largest absolute Gasteiger partial charge is 0.384 e. The van der Waals surface area contributed by atoms with E-state index in [1.807, 2.05) is 18.4 Å². The van der Waals surface area contributed by atoms with Crippen LogP contribution in [0.15, 0.2) is 29.6 Å². The summed E-state index contributed by atoms with van der Waals surface area (Å²) in [5.41, 5.74) is 1.51. The molecule has 2 aromatic rings. The second-order valence-corrected chi connectivity index (χ2v) is 5.15. The number of carbonyl (C=O) groups excluding carboxylic acids is 1. The molecule has 5 heteroatoms. The zero-order chi connectivity index (χ0) is 15.2. The van der Waals surface area contributed by atoms with Crippen molar-refractivity contribution in [3.63, 3.8) is 0 Å². The summed E-state index contributed by atoms with van der Waals surface area (Å²) in [6.07, 6.45) is 0.754. The number of halogens is 1. The van der Waals surface area contributed by atoms with Gasteiger partial charge in [0.2, 0.25) is 0 Å². The Kier molecular flexibility index (Phi) is 5.09. The highest BCUT2D eigenvalue weighted by molar-refractivity contribution is 7.12. The van der Waals surface area contributed by atoms with Crippen LogP contribution in [-0.2, 0) is 6.42 Å². The molecule has 2 N–H and O–H groups in total. The van der Waals surface area contributed by atoms with Crippen molar-refractivity contribution < 1.29 is 14.3 Å². The molecule has 0 aliphatic heterocycles. The average molecular weight is 303 g/mol. The highest BCUT2D eigenvalue weighted by Gasteiger charge is 2.14. The molecule has 0 bridgehead atoms. The lowest BCUT2D eigenvalue weighted by atomic mass is 10.2. The zero-order valence-corrected chi connectivity index (χ0v) is 12.3. The monoisotopic (exact) mass is 303 g/mol. The van der Waals surface area contributed by atoms with Crippen molar-refractivity contribution in [2.75, 3.05) is 11.9 Å². The van der Waals surface area contributed by atoms with Crippen LogP contribution in [0.25, 0.3) is 0 Å². The topological polar surface area (TPSA) is 49.3 Å². The van der Waals surface area contributed by atoms with Crippen molar-refractivity contribution in [2.45, 2.75) is 13.3 Å². The molecule has 1 aromatic heterocycles. The minimum Gasteiger partial charge on any atom is -0.384 e. The number of aliphatic hydroxyl groups excluding tert-OH is 1. The normalized spacial score (nSPS) is 9.86. The van der Waals surface area contributed by atoms with Gasteiger partial charge in [-0.1, -0.05) is 18.8 Å². The Hall–Kier alpha value is -2.16. The highest BCUT2D eigenvalue weighted by atomic mass is 32.1. The molecule has 1 amide bonds. The quantitative estimate of drug-likeness (QED) is 0.856. The number of benzene rings is 1. The van der Waals surface area contributed by atoms with Crippen LogP contribution < -0.4 is 5.32 Å². The van der Waals surface area contributed by atoms with E-state index in [4.69, 9.17) is 5.11 Å². The Bertz CT molecular complexity index is 713. The van der Waals surface area contributed by atoms with Gasteiger partial charge in [-0.25, -0.2) is 4.39 Å². The first-order chi connectivity index (χ1) is 10.2. The molecule has 108 valence electrons. The van der Waals surface area contributed by atoms with Gasteiger partial charge in [0.05, 0.1) is 10.6 Å². The third-order valence-corrected chi connectivity index (χ3v) is 3.82. The average Bonchev–Trinajstić information content (AvgIpc) is 2.96. The van der Waals surface area contributed by atoms with Crippen LogP contribution in [0.1, 0.15) is 27.7 Å². The lowest BCUT2D eigenvalue weighted by Crippen LogP contribution is -2.13. The summed E-state index contributed by atoms with van der Waals surface area (Å²) in [7, 11) is 0. The van der Waals surface area contributed by atoms with Gasteiger partial charge in [-0.05, 0) is 41.6 Å². The van der Waals surface area contributed by atoms with Gasteiger partial charge in [0.25, 0.3) is 5.91 Å². The molecule has 3 nitrogen and oxygen atoms in total. The number of carbonyl (C=O) groups is 1. The molecule has 21 heavy (non-hydrogen) atoms. The van der Waals surface area contributed by atoms with Crippen molar-refractivity contribution in [3.8, 4) is 11.8 Å². The second kappa shape index (κ2) is 7.02. The van der Waals surface area contributed by atoms with Crippen LogP contribution in [0, 0.1) is 17.7 Å². The van der Waals surface area contributed by atoms with E-state index >= 15 is 0 Å². The summed E-state index contributed by atoms with van der Waals surface area (Å²) in [6.45, 7) is 1.69. The van der Waals surface area contributed by atoms with Crippen LogP contribution in [0.2, 0.25) is 0 Å². The van der Waals surface area contributed by atoms with Crippen LogP contribution in [-0.4, -0.2) is 17.6 Å². The molecular weight excluding hydrogens is 289 g/mol. The summed E-state index contributed by atoms with van der Waals surface area (Å²) in [5.74, 6) is 4.19. The molecule has 0 aliphatic carbocycles. The van der Waals surface area contributed by atoms with Gasteiger partial charge in [-0.3, -0.25) is 4.79 Å². The van der Waals surface area contributed by atoms with Crippen molar-refractivity contribution in [2.24, 2.45) is 0 Å². The minimum atomic E-state index is -0.553. The number of hydrogen-bond donors (Lipinski definition) is 2. The maximum atomic E-state index is 13.9. The van der Waals surface area contributed by atoms with Gasteiger partial charge in [0.15, 0.2) is 0 Å². The maximum Gasteiger partial charge on any atom is 0.266 e. The third-order valence-electron chi connectivity index (χ3n) is 2.86. The van der Waals surface area contributed by atoms with Crippen molar-refractivity contribution in [1.82, 2.24) is 0 Å². The maximum absolute atomic E-state index is 13.9. The van der Waals surface area contributed by atoms with Crippen LogP contribution >= 0.6 is 11.3 Å². The van der Waals surface area contributed by atoms with Gasteiger partial charge in [0.1, 0.15) is 12.4 Å². The predicted octanol–water partition coefficient (Wildman–Crippen LogP) is 3.05. The fourth-order valence-electron chi connectivity index (χ4n) is 1.83. The Balaban J connectivity index is 2.18. The van der Waals surface area contributed by atoms with E-state index in [1.54, 1.807) is 6.07 Å². The number of hydrogen-bond acceptors (Lipinski definition) is 3. The van der Waals surface area contributed by atoms with E-state index in [-0.39, 0.29) is 18.2 Å². The Morgan fingerprint density at radius 2 is 2.24 bits per heavy atom. The Labute approximate surface area is 126 Å². The molecule has 1 aromatic carbocycles. The van der Waals surface area contributed by atoms with E-state index in [9.17, 15) is 9.18 Å². The fourth-order valence-corrected chi connectivity index (χ4v) is 2.72. The van der Waals surface area contributed by atoms with E-state index in [0.29, 0.717) is 10.4 Å². The Morgan fingerprint density at radius 1 is 1.43 bits per heavy atom. The van der Waals surface area contributed by atoms with Crippen LogP contribution in [0.4, 0.5) is 10.1 Å². The van der Waals surface area contributed by atoms with Crippen molar-refractivity contribution in [3.05, 3.63) is 51.5 Å². The first kappa shape index (κ1) is 15.2. The molecule has 0 atom stereocenters.